The Balaban J connectivity index is 2.79. The van der Waals surface area contributed by atoms with E-state index in [0.29, 0.717) is 13.0 Å². The maximum Gasteiger partial charge on any atom is 0.339 e. The van der Waals surface area contributed by atoms with Crippen molar-refractivity contribution in [2.75, 3.05) is 13.7 Å². The molecular formula is C12H15FO4. The van der Waals surface area contributed by atoms with Crippen LogP contribution in [0.2, 0.25) is 0 Å². The number of ether oxygens (including phenoxy) is 2. The van der Waals surface area contributed by atoms with E-state index in [1.165, 1.54) is 12.1 Å². The van der Waals surface area contributed by atoms with Crippen molar-refractivity contribution in [3.8, 4) is 5.75 Å². The molecule has 0 saturated heterocycles. The van der Waals surface area contributed by atoms with Crippen LogP contribution in [0.15, 0.2) is 18.2 Å². The molecule has 0 aliphatic rings. The molecule has 0 fully saturated rings. The Bertz CT molecular complexity index is 392. The quantitative estimate of drug-likeness (QED) is 0.831. The van der Waals surface area contributed by atoms with Crippen molar-refractivity contribution in [1.29, 1.82) is 0 Å². The lowest BCUT2D eigenvalue weighted by molar-refractivity contribution is 0.0687. The van der Waals surface area contributed by atoms with Crippen LogP contribution < -0.4 is 4.74 Å². The highest BCUT2D eigenvalue weighted by atomic mass is 19.1. The molecule has 17 heavy (non-hydrogen) atoms. The number of hydrogen-bond donors (Lipinski definition) is 1. The van der Waals surface area contributed by atoms with Gasteiger partial charge in [0.1, 0.15) is 17.1 Å². The molecule has 0 aliphatic carbocycles. The van der Waals surface area contributed by atoms with Gasteiger partial charge in [-0.1, -0.05) is 0 Å². The molecule has 1 atom stereocenters. The fraction of sp³-hybridized carbons (Fsp3) is 0.417. The first kappa shape index (κ1) is 13.4. The maximum absolute atomic E-state index is 12.9. The monoisotopic (exact) mass is 242 g/mol. The molecule has 1 aromatic rings. The lowest BCUT2D eigenvalue weighted by Crippen LogP contribution is -2.16. The molecule has 0 heterocycles. The molecule has 0 aromatic heterocycles. The fourth-order valence-electron chi connectivity index (χ4n) is 1.33. The number of carboxylic acid groups (broad SMARTS) is 1. The molecule has 4 nitrogen and oxygen atoms in total. The van der Waals surface area contributed by atoms with Gasteiger partial charge in [-0.05, 0) is 25.1 Å². The lowest BCUT2D eigenvalue weighted by Gasteiger charge is -2.15. The topological polar surface area (TPSA) is 55.8 Å². The van der Waals surface area contributed by atoms with Crippen LogP contribution >= 0.6 is 0 Å². The second kappa shape index (κ2) is 6.20. The van der Waals surface area contributed by atoms with E-state index in [1.54, 1.807) is 14.0 Å². The summed E-state index contributed by atoms with van der Waals surface area (Å²) in [5, 5.41) is 8.91. The SMILES string of the molecule is COCCC(C)Oc1ccc(F)cc1C(=O)O. The van der Waals surface area contributed by atoms with Crippen molar-refractivity contribution in [2.24, 2.45) is 0 Å². The smallest absolute Gasteiger partial charge is 0.339 e. The molecule has 0 radical (unpaired) electrons. The van der Waals surface area contributed by atoms with Gasteiger partial charge in [0, 0.05) is 20.1 Å². The molecular weight excluding hydrogens is 227 g/mol. The highest BCUT2D eigenvalue weighted by Crippen LogP contribution is 2.21. The van der Waals surface area contributed by atoms with Gasteiger partial charge in [-0.15, -0.1) is 0 Å². The summed E-state index contributed by atoms with van der Waals surface area (Å²) >= 11 is 0. The minimum Gasteiger partial charge on any atom is -0.490 e. The Morgan fingerprint density at radius 1 is 1.53 bits per heavy atom. The molecule has 5 heteroatoms. The number of carbonyl (C=O) groups is 1. The predicted octanol–water partition coefficient (Wildman–Crippen LogP) is 2.33. The third kappa shape index (κ3) is 4.03. The first-order chi connectivity index (χ1) is 8.04. The number of methoxy groups -OCH3 is 1. The Morgan fingerprint density at radius 2 is 2.24 bits per heavy atom. The molecule has 1 N–H and O–H groups in total. The zero-order valence-corrected chi connectivity index (χ0v) is 9.77. The van der Waals surface area contributed by atoms with Gasteiger partial charge in [0.05, 0.1) is 6.10 Å². The van der Waals surface area contributed by atoms with E-state index in [0.717, 1.165) is 6.07 Å². The maximum atomic E-state index is 12.9. The summed E-state index contributed by atoms with van der Waals surface area (Å²) < 4.78 is 23.2. The Morgan fingerprint density at radius 3 is 2.82 bits per heavy atom. The first-order valence-electron chi connectivity index (χ1n) is 5.23. The first-order valence-corrected chi connectivity index (χ1v) is 5.23. The van der Waals surface area contributed by atoms with Crippen LogP contribution in [0.25, 0.3) is 0 Å². The normalized spacial score (nSPS) is 12.2. The second-order valence-electron chi connectivity index (χ2n) is 3.66. The second-order valence-corrected chi connectivity index (χ2v) is 3.66. The molecule has 0 aliphatic heterocycles. The minimum absolute atomic E-state index is 0.169. The molecule has 1 rings (SSSR count). The summed E-state index contributed by atoms with van der Waals surface area (Å²) in [7, 11) is 1.58. The largest absolute Gasteiger partial charge is 0.490 e. The summed E-state index contributed by atoms with van der Waals surface area (Å²) in [6, 6.07) is 3.44. The van der Waals surface area contributed by atoms with Crippen molar-refractivity contribution in [2.45, 2.75) is 19.4 Å². The van der Waals surface area contributed by atoms with E-state index in [9.17, 15) is 9.18 Å². The van der Waals surface area contributed by atoms with Crippen LogP contribution in [0.4, 0.5) is 4.39 Å². The van der Waals surface area contributed by atoms with Gasteiger partial charge in [-0.2, -0.15) is 0 Å². The average Bonchev–Trinajstić information content (AvgIpc) is 2.28. The zero-order chi connectivity index (χ0) is 12.8. The van der Waals surface area contributed by atoms with E-state index in [1.807, 2.05) is 0 Å². The van der Waals surface area contributed by atoms with Gasteiger partial charge in [-0.25, -0.2) is 9.18 Å². The van der Waals surface area contributed by atoms with Gasteiger partial charge < -0.3 is 14.6 Å². The summed E-state index contributed by atoms with van der Waals surface area (Å²) in [5.41, 5.74) is -0.172. The number of rotatable bonds is 6. The fourth-order valence-corrected chi connectivity index (χ4v) is 1.33. The van der Waals surface area contributed by atoms with Crippen molar-refractivity contribution in [3.63, 3.8) is 0 Å². The Kier molecular flexibility index (Phi) is 4.90. The van der Waals surface area contributed by atoms with Crippen molar-refractivity contribution >= 4 is 5.97 Å². The summed E-state index contributed by atoms with van der Waals surface area (Å²) in [4.78, 5) is 10.9. The third-order valence-corrected chi connectivity index (χ3v) is 2.23. The molecule has 0 bridgehead atoms. The Labute approximate surface area is 99.0 Å². The van der Waals surface area contributed by atoms with Gasteiger partial charge in [-0.3, -0.25) is 0 Å². The molecule has 94 valence electrons. The number of benzene rings is 1. The van der Waals surface area contributed by atoms with E-state index < -0.39 is 11.8 Å². The number of hydrogen-bond acceptors (Lipinski definition) is 3. The summed E-state index contributed by atoms with van der Waals surface area (Å²) in [6.45, 7) is 2.32. The van der Waals surface area contributed by atoms with Gasteiger partial charge >= 0.3 is 5.97 Å². The number of carboxylic acids is 1. The predicted molar refractivity (Wildman–Crippen MR) is 59.9 cm³/mol. The van der Waals surface area contributed by atoms with Crippen LogP contribution in [-0.4, -0.2) is 30.9 Å². The molecule has 0 amide bonds. The van der Waals surface area contributed by atoms with Crippen molar-refractivity contribution in [1.82, 2.24) is 0 Å². The highest BCUT2D eigenvalue weighted by Gasteiger charge is 2.14. The van der Waals surface area contributed by atoms with Crippen LogP contribution in [0, 0.1) is 5.82 Å². The molecule has 1 unspecified atom stereocenters. The average molecular weight is 242 g/mol. The zero-order valence-electron chi connectivity index (χ0n) is 9.77. The third-order valence-electron chi connectivity index (χ3n) is 2.23. The number of halogens is 1. The molecule has 0 spiro atoms. The molecule has 0 saturated carbocycles. The van der Waals surface area contributed by atoms with E-state index >= 15 is 0 Å². The van der Waals surface area contributed by atoms with E-state index in [4.69, 9.17) is 14.6 Å². The van der Waals surface area contributed by atoms with Crippen molar-refractivity contribution < 1.29 is 23.8 Å². The van der Waals surface area contributed by atoms with Gasteiger partial charge in [0.15, 0.2) is 0 Å². The summed E-state index contributed by atoms with van der Waals surface area (Å²) in [5.74, 6) is -1.64. The van der Waals surface area contributed by atoms with Crippen LogP contribution in [0.5, 0.6) is 5.75 Å². The van der Waals surface area contributed by atoms with Crippen LogP contribution in [0.1, 0.15) is 23.7 Å². The van der Waals surface area contributed by atoms with E-state index in [-0.39, 0.29) is 17.4 Å². The van der Waals surface area contributed by atoms with Crippen molar-refractivity contribution in [3.05, 3.63) is 29.6 Å². The van der Waals surface area contributed by atoms with Gasteiger partial charge in [0.2, 0.25) is 0 Å². The highest BCUT2D eigenvalue weighted by molar-refractivity contribution is 5.90. The number of aromatic carboxylic acids is 1. The molecule has 1 aromatic carbocycles. The summed E-state index contributed by atoms with van der Waals surface area (Å²) in [6.07, 6.45) is 0.436. The van der Waals surface area contributed by atoms with Crippen LogP contribution in [-0.2, 0) is 4.74 Å². The van der Waals surface area contributed by atoms with Crippen LogP contribution in [0.3, 0.4) is 0 Å². The Hall–Kier alpha value is -1.62. The van der Waals surface area contributed by atoms with E-state index in [2.05, 4.69) is 0 Å². The minimum atomic E-state index is -1.21. The lowest BCUT2D eigenvalue weighted by atomic mass is 10.2. The standard InChI is InChI=1S/C12H15FO4/c1-8(5-6-16-2)17-11-4-3-9(13)7-10(11)12(14)15/h3-4,7-8H,5-6H2,1-2H3,(H,14,15). The van der Waals surface area contributed by atoms with Gasteiger partial charge in [0.25, 0.3) is 0 Å².